The highest BCUT2D eigenvalue weighted by molar-refractivity contribution is 5.98. The number of amides is 2. The van der Waals surface area contributed by atoms with Gasteiger partial charge in [-0.2, -0.15) is 0 Å². The summed E-state index contributed by atoms with van der Waals surface area (Å²) in [5, 5.41) is 5.77. The van der Waals surface area contributed by atoms with Crippen molar-refractivity contribution in [2.75, 3.05) is 19.0 Å². The second-order valence-electron chi connectivity index (χ2n) is 7.21. The van der Waals surface area contributed by atoms with Gasteiger partial charge in [0.1, 0.15) is 0 Å². The minimum atomic E-state index is -0.199. The Labute approximate surface area is 171 Å². The number of methoxy groups -OCH3 is 1. The third-order valence-corrected chi connectivity index (χ3v) is 4.78. The van der Waals surface area contributed by atoms with Crippen LogP contribution >= 0.6 is 0 Å². The quantitative estimate of drug-likeness (QED) is 0.592. The molecule has 0 radical (unpaired) electrons. The molecule has 2 N–H and O–H groups in total. The van der Waals surface area contributed by atoms with Gasteiger partial charge in [0, 0.05) is 23.7 Å². The van der Waals surface area contributed by atoms with Crippen molar-refractivity contribution in [2.45, 2.75) is 39.2 Å². The van der Waals surface area contributed by atoms with E-state index in [1.165, 1.54) is 0 Å². The lowest BCUT2D eigenvalue weighted by Crippen LogP contribution is -2.23. The van der Waals surface area contributed by atoms with E-state index in [2.05, 4.69) is 17.6 Å². The van der Waals surface area contributed by atoms with Crippen molar-refractivity contribution in [3.8, 4) is 11.5 Å². The van der Waals surface area contributed by atoms with Crippen molar-refractivity contribution in [1.29, 1.82) is 0 Å². The van der Waals surface area contributed by atoms with Gasteiger partial charge in [-0.25, -0.2) is 0 Å². The molecule has 29 heavy (non-hydrogen) atoms. The van der Waals surface area contributed by atoms with E-state index in [0.29, 0.717) is 35.9 Å². The molecule has 0 unspecified atom stereocenters. The van der Waals surface area contributed by atoms with Gasteiger partial charge < -0.3 is 20.1 Å². The first-order valence-corrected chi connectivity index (χ1v) is 10.1. The molecule has 0 aliphatic heterocycles. The number of hydrogen-bond donors (Lipinski definition) is 2. The van der Waals surface area contributed by atoms with Crippen LogP contribution in [0.15, 0.2) is 42.5 Å². The fourth-order valence-electron chi connectivity index (χ4n) is 2.88. The highest BCUT2D eigenvalue weighted by Gasteiger charge is 2.29. The zero-order chi connectivity index (χ0) is 20.6. The smallest absolute Gasteiger partial charge is 0.251 e. The predicted octanol–water partition coefficient (Wildman–Crippen LogP) is 4.15. The highest BCUT2D eigenvalue weighted by atomic mass is 16.5. The van der Waals surface area contributed by atoms with Gasteiger partial charge in [-0.3, -0.25) is 9.59 Å². The van der Waals surface area contributed by atoms with Gasteiger partial charge in [0.15, 0.2) is 11.5 Å². The van der Waals surface area contributed by atoms with Crippen LogP contribution in [0.5, 0.6) is 11.5 Å². The molecule has 0 bridgehead atoms. The monoisotopic (exact) mass is 396 g/mol. The van der Waals surface area contributed by atoms with Crippen molar-refractivity contribution in [1.82, 2.24) is 5.32 Å². The first-order valence-electron chi connectivity index (χ1n) is 10.1. The highest BCUT2D eigenvalue weighted by Crippen LogP contribution is 2.30. The van der Waals surface area contributed by atoms with Gasteiger partial charge in [-0.1, -0.05) is 25.5 Å². The van der Waals surface area contributed by atoms with Crippen LogP contribution in [-0.4, -0.2) is 25.5 Å². The molecule has 0 atom stereocenters. The van der Waals surface area contributed by atoms with Crippen LogP contribution in [0.2, 0.25) is 0 Å². The van der Waals surface area contributed by atoms with Crippen LogP contribution in [0.3, 0.4) is 0 Å². The molecule has 2 aromatic rings. The number of anilines is 1. The summed E-state index contributed by atoms with van der Waals surface area (Å²) >= 11 is 0. The van der Waals surface area contributed by atoms with E-state index < -0.39 is 0 Å². The van der Waals surface area contributed by atoms with Gasteiger partial charge in [-0.15, -0.1) is 0 Å². The maximum absolute atomic E-state index is 12.5. The molecule has 0 heterocycles. The molecular weight excluding hydrogens is 368 g/mol. The lowest BCUT2D eigenvalue weighted by molar-refractivity contribution is -0.117. The minimum Gasteiger partial charge on any atom is -0.493 e. The number of hydrogen-bond acceptors (Lipinski definition) is 4. The summed E-state index contributed by atoms with van der Waals surface area (Å²) in [7, 11) is 1.60. The number of nitrogens with one attached hydrogen (secondary N) is 2. The summed E-state index contributed by atoms with van der Waals surface area (Å²) in [6.45, 7) is 3.13. The summed E-state index contributed by atoms with van der Waals surface area (Å²) < 4.78 is 11.1. The molecule has 154 valence electrons. The Morgan fingerprint density at radius 2 is 1.93 bits per heavy atom. The maximum atomic E-state index is 12.5. The first-order chi connectivity index (χ1) is 14.1. The molecule has 6 nitrogen and oxygen atoms in total. The Morgan fingerprint density at radius 3 is 2.66 bits per heavy atom. The van der Waals surface area contributed by atoms with E-state index in [0.717, 1.165) is 31.2 Å². The summed E-state index contributed by atoms with van der Waals surface area (Å²) in [4.78, 5) is 24.4. The molecule has 1 aliphatic carbocycles. The lowest BCUT2D eigenvalue weighted by Gasteiger charge is -2.13. The van der Waals surface area contributed by atoms with Crippen molar-refractivity contribution in [2.24, 2.45) is 5.92 Å². The molecular formula is C23H28N2O4. The van der Waals surface area contributed by atoms with E-state index in [-0.39, 0.29) is 17.7 Å². The van der Waals surface area contributed by atoms with Crippen molar-refractivity contribution in [3.05, 3.63) is 53.6 Å². The molecule has 3 rings (SSSR count). The molecule has 1 saturated carbocycles. The van der Waals surface area contributed by atoms with Gasteiger partial charge in [-0.05, 0) is 55.2 Å². The largest absolute Gasteiger partial charge is 0.493 e. The Kier molecular flexibility index (Phi) is 7.11. The van der Waals surface area contributed by atoms with Gasteiger partial charge in [0.2, 0.25) is 5.91 Å². The van der Waals surface area contributed by atoms with Crippen molar-refractivity contribution < 1.29 is 19.1 Å². The van der Waals surface area contributed by atoms with Crippen molar-refractivity contribution >= 4 is 17.5 Å². The maximum Gasteiger partial charge on any atom is 0.251 e. The van der Waals surface area contributed by atoms with E-state index in [9.17, 15) is 9.59 Å². The predicted molar refractivity (Wildman–Crippen MR) is 112 cm³/mol. The fraction of sp³-hybridized carbons (Fsp3) is 0.391. The summed E-state index contributed by atoms with van der Waals surface area (Å²) in [5.74, 6) is 1.30. The Bertz CT molecular complexity index is 862. The number of carbonyl (C=O) groups excluding carboxylic acids is 2. The zero-order valence-corrected chi connectivity index (χ0v) is 17.0. The molecule has 2 aromatic carbocycles. The van der Waals surface area contributed by atoms with Gasteiger partial charge in [0.25, 0.3) is 5.91 Å². The average Bonchev–Trinajstić information content (AvgIpc) is 3.58. The van der Waals surface area contributed by atoms with Crippen molar-refractivity contribution in [3.63, 3.8) is 0 Å². The molecule has 1 fully saturated rings. The number of rotatable bonds is 10. The molecule has 6 heteroatoms. The Hall–Kier alpha value is -3.02. The molecule has 1 aliphatic rings. The fourth-order valence-corrected chi connectivity index (χ4v) is 2.88. The van der Waals surface area contributed by atoms with Crippen LogP contribution < -0.4 is 20.1 Å². The van der Waals surface area contributed by atoms with Gasteiger partial charge >= 0.3 is 0 Å². The van der Waals surface area contributed by atoms with Gasteiger partial charge in [0.05, 0.1) is 13.7 Å². The van der Waals surface area contributed by atoms with Crippen LogP contribution in [-0.2, 0) is 11.3 Å². The minimum absolute atomic E-state index is 0.0240. The second kappa shape index (κ2) is 9.96. The van der Waals surface area contributed by atoms with Crippen LogP contribution in [0.1, 0.15) is 48.5 Å². The van der Waals surface area contributed by atoms with E-state index in [1.54, 1.807) is 31.4 Å². The third kappa shape index (κ3) is 5.98. The van der Waals surface area contributed by atoms with E-state index in [4.69, 9.17) is 9.47 Å². The number of carbonyl (C=O) groups is 2. The molecule has 0 spiro atoms. The molecule has 2 amide bonds. The van der Waals surface area contributed by atoms with Crippen LogP contribution in [0.4, 0.5) is 5.69 Å². The summed E-state index contributed by atoms with van der Waals surface area (Å²) in [5.41, 5.74) is 2.06. The number of unbranched alkanes of at least 4 members (excludes halogenated alkanes) is 1. The normalized spacial score (nSPS) is 12.9. The number of ether oxygens (including phenoxy) is 2. The lowest BCUT2D eigenvalue weighted by atomic mass is 10.1. The zero-order valence-electron chi connectivity index (χ0n) is 17.0. The van der Waals surface area contributed by atoms with Crippen LogP contribution in [0, 0.1) is 5.92 Å². The summed E-state index contributed by atoms with van der Waals surface area (Å²) in [6.07, 6.45) is 3.94. The first kappa shape index (κ1) is 20.7. The Balaban J connectivity index is 1.57. The summed E-state index contributed by atoms with van der Waals surface area (Å²) in [6, 6.07) is 12.6. The average molecular weight is 396 g/mol. The SMILES string of the molecule is CCCCOc1ccc(CNC(=O)c2cccc(NC(=O)C3CC3)c2)cc1OC. The van der Waals surface area contributed by atoms with E-state index in [1.807, 2.05) is 18.2 Å². The topological polar surface area (TPSA) is 76.7 Å². The second-order valence-corrected chi connectivity index (χ2v) is 7.21. The Morgan fingerprint density at radius 1 is 1.10 bits per heavy atom. The standard InChI is InChI=1S/C23H28N2O4/c1-3-4-12-29-20-11-8-16(13-21(20)28-2)15-24-22(26)18-6-5-7-19(14-18)25-23(27)17-9-10-17/h5-8,11,13-14,17H,3-4,9-10,12,15H2,1-2H3,(H,24,26)(H,25,27). The van der Waals surface area contributed by atoms with E-state index >= 15 is 0 Å². The molecule has 0 aromatic heterocycles. The van der Waals surface area contributed by atoms with Crippen LogP contribution in [0.25, 0.3) is 0 Å². The third-order valence-electron chi connectivity index (χ3n) is 4.78. The molecule has 0 saturated heterocycles. The number of benzene rings is 2.